The van der Waals surface area contributed by atoms with E-state index in [0.717, 1.165) is 31.4 Å². The fourth-order valence-corrected chi connectivity index (χ4v) is 2.44. The van der Waals surface area contributed by atoms with Gasteiger partial charge < -0.3 is 5.32 Å². The van der Waals surface area contributed by atoms with Crippen molar-refractivity contribution in [2.24, 2.45) is 0 Å². The Kier molecular flexibility index (Phi) is 3.17. The zero-order valence-corrected chi connectivity index (χ0v) is 9.77. The Balaban J connectivity index is 2.23. The summed E-state index contributed by atoms with van der Waals surface area (Å²) in [6, 6.07) is 5.55. The molecule has 1 nitrogen and oxygen atoms in total. The summed E-state index contributed by atoms with van der Waals surface area (Å²) in [5.41, 5.74) is 0.310. The molecule has 0 aromatic heterocycles. The van der Waals surface area contributed by atoms with Crippen LogP contribution in [0.1, 0.15) is 37.3 Å². The maximum atomic E-state index is 12.4. The summed E-state index contributed by atoms with van der Waals surface area (Å²) in [6.45, 7) is 3.03. The minimum atomic E-state index is -4.25. The van der Waals surface area contributed by atoms with Crippen molar-refractivity contribution < 1.29 is 13.2 Å². The quantitative estimate of drug-likeness (QED) is 0.853. The number of alkyl halides is 3. The molecule has 17 heavy (non-hydrogen) atoms. The SMILES string of the molecule is CCCC1(c2ccc(C(F)(F)F)cc2)CCN1. The van der Waals surface area contributed by atoms with E-state index in [1.807, 2.05) is 0 Å². The molecule has 0 spiro atoms. The molecule has 0 radical (unpaired) electrons. The van der Waals surface area contributed by atoms with Gasteiger partial charge in [-0.3, -0.25) is 0 Å². The molecule has 4 heteroatoms. The fourth-order valence-electron chi connectivity index (χ4n) is 2.44. The number of hydrogen-bond donors (Lipinski definition) is 1. The first kappa shape index (κ1) is 12.4. The minimum Gasteiger partial charge on any atom is -0.307 e. The number of hydrogen-bond acceptors (Lipinski definition) is 1. The van der Waals surface area contributed by atoms with Gasteiger partial charge in [0.05, 0.1) is 5.56 Å². The Labute approximate surface area is 99.0 Å². The van der Waals surface area contributed by atoms with E-state index in [-0.39, 0.29) is 5.54 Å². The Morgan fingerprint density at radius 3 is 2.18 bits per heavy atom. The van der Waals surface area contributed by atoms with Crippen LogP contribution in [-0.2, 0) is 11.7 Å². The van der Waals surface area contributed by atoms with E-state index in [4.69, 9.17) is 0 Å². The standard InChI is InChI=1S/C13H16F3N/c1-2-7-12(8-9-17-12)10-3-5-11(6-4-10)13(14,15)16/h3-6,17H,2,7-9H2,1H3. The van der Waals surface area contributed by atoms with Crippen LogP contribution in [0.2, 0.25) is 0 Å². The average Bonchev–Trinajstić information content (AvgIpc) is 2.22. The molecule has 1 saturated heterocycles. The van der Waals surface area contributed by atoms with Crippen LogP contribution >= 0.6 is 0 Å². The third-order valence-corrected chi connectivity index (χ3v) is 3.46. The van der Waals surface area contributed by atoms with Crippen LogP contribution in [0.3, 0.4) is 0 Å². The van der Waals surface area contributed by atoms with Crippen molar-refractivity contribution in [3.05, 3.63) is 35.4 Å². The van der Waals surface area contributed by atoms with Crippen LogP contribution in [0.25, 0.3) is 0 Å². The van der Waals surface area contributed by atoms with Crippen molar-refractivity contribution in [2.45, 2.75) is 37.9 Å². The molecule has 1 fully saturated rings. The van der Waals surface area contributed by atoms with Gasteiger partial charge in [-0.1, -0.05) is 25.5 Å². The molecule has 1 aliphatic rings. The molecule has 1 atom stereocenters. The van der Waals surface area contributed by atoms with Gasteiger partial charge in [-0.25, -0.2) is 0 Å². The predicted molar refractivity (Wildman–Crippen MR) is 60.6 cm³/mol. The number of rotatable bonds is 3. The summed E-state index contributed by atoms with van der Waals surface area (Å²) in [7, 11) is 0. The van der Waals surface area contributed by atoms with Crippen LogP contribution < -0.4 is 5.32 Å². The number of benzene rings is 1. The lowest BCUT2D eigenvalue weighted by atomic mass is 9.77. The minimum absolute atomic E-state index is 0.0844. The summed E-state index contributed by atoms with van der Waals surface area (Å²) in [4.78, 5) is 0. The Morgan fingerprint density at radius 2 is 1.82 bits per heavy atom. The highest BCUT2D eigenvalue weighted by molar-refractivity contribution is 5.31. The summed E-state index contributed by atoms with van der Waals surface area (Å²) in [5, 5.41) is 3.35. The second kappa shape index (κ2) is 4.33. The molecule has 0 aliphatic carbocycles. The first-order valence-electron chi connectivity index (χ1n) is 5.91. The molecule has 2 rings (SSSR count). The van der Waals surface area contributed by atoms with Gasteiger partial charge in [0.15, 0.2) is 0 Å². The van der Waals surface area contributed by atoms with Gasteiger partial charge in [0.1, 0.15) is 0 Å². The lowest BCUT2D eigenvalue weighted by molar-refractivity contribution is -0.137. The van der Waals surface area contributed by atoms with E-state index in [1.165, 1.54) is 12.1 Å². The lowest BCUT2D eigenvalue weighted by Gasteiger charge is -2.44. The summed E-state index contributed by atoms with van der Waals surface area (Å²) < 4.78 is 37.3. The van der Waals surface area contributed by atoms with Crippen LogP contribution in [0, 0.1) is 0 Å². The molecule has 1 aromatic carbocycles. The summed E-state index contributed by atoms with van der Waals surface area (Å²) in [5.74, 6) is 0. The average molecular weight is 243 g/mol. The van der Waals surface area contributed by atoms with Gasteiger partial charge in [-0.15, -0.1) is 0 Å². The van der Waals surface area contributed by atoms with Crippen molar-refractivity contribution >= 4 is 0 Å². The topological polar surface area (TPSA) is 12.0 Å². The van der Waals surface area contributed by atoms with E-state index in [9.17, 15) is 13.2 Å². The van der Waals surface area contributed by atoms with E-state index >= 15 is 0 Å². The molecule has 1 heterocycles. The molecule has 1 aromatic rings. The molecule has 94 valence electrons. The molecule has 1 unspecified atom stereocenters. The number of halogens is 3. The van der Waals surface area contributed by atoms with Gasteiger partial charge in [0.2, 0.25) is 0 Å². The maximum Gasteiger partial charge on any atom is 0.416 e. The highest BCUT2D eigenvalue weighted by Crippen LogP contribution is 2.37. The van der Waals surface area contributed by atoms with Crippen LogP contribution in [0.5, 0.6) is 0 Å². The van der Waals surface area contributed by atoms with Gasteiger partial charge in [-0.05, 0) is 37.1 Å². The second-order valence-electron chi connectivity index (χ2n) is 4.58. The lowest BCUT2D eigenvalue weighted by Crippen LogP contribution is -2.53. The van der Waals surface area contributed by atoms with Gasteiger partial charge in [0, 0.05) is 5.54 Å². The molecule has 1 aliphatic heterocycles. The first-order valence-corrected chi connectivity index (χ1v) is 5.91. The van der Waals surface area contributed by atoms with E-state index < -0.39 is 11.7 Å². The largest absolute Gasteiger partial charge is 0.416 e. The van der Waals surface area contributed by atoms with Crippen molar-refractivity contribution in [1.29, 1.82) is 0 Å². The first-order chi connectivity index (χ1) is 7.98. The van der Waals surface area contributed by atoms with Crippen molar-refractivity contribution in [3.63, 3.8) is 0 Å². The van der Waals surface area contributed by atoms with Crippen molar-refractivity contribution in [2.75, 3.05) is 6.54 Å². The van der Waals surface area contributed by atoms with Crippen LogP contribution in [0.15, 0.2) is 24.3 Å². The summed E-state index contributed by atoms with van der Waals surface area (Å²) in [6.07, 6.45) is -1.25. The fraction of sp³-hybridized carbons (Fsp3) is 0.538. The Morgan fingerprint density at radius 1 is 1.24 bits per heavy atom. The predicted octanol–water partition coefficient (Wildman–Crippen LogP) is 3.69. The molecule has 0 amide bonds. The smallest absolute Gasteiger partial charge is 0.307 e. The highest BCUT2D eigenvalue weighted by Gasteiger charge is 2.38. The van der Waals surface area contributed by atoms with E-state index in [0.29, 0.717) is 0 Å². The number of nitrogens with one attached hydrogen (secondary N) is 1. The zero-order chi connectivity index (χ0) is 12.5. The normalized spacial score (nSPS) is 24.5. The second-order valence-corrected chi connectivity index (χ2v) is 4.58. The van der Waals surface area contributed by atoms with Crippen LogP contribution in [0.4, 0.5) is 13.2 Å². The molecule has 0 bridgehead atoms. The van der Waals surface area contributed by atoms with Crippen LogP contribution in [-0.4, -0.2) is 6.54 Å². The van der Waals surface area contributed by atoms with E-state index in [2.05, 4.69) is 12.2 Å². The van der Waals surface area contributed by atoms with E-state index in [1.54, 1.807) is 12.1 Å². The summed E-state index contributed by atoms with van der Waals surface area (Å²) >= 11 is 0. The maximum absolute atomic E-state index is 12.4. The highest BCUT2D eigenvalue weighted by atomic mass is 19.4. The van der Waals surface area contributed by atoms with Gasteiger partial charge in [-0.2, -0.15) is 13.2 Å². The third-order valence-electron chi connectivity index (χ3n) is 3.46. The molecular weight excluding hydrogens is 227 g/mol. The Bertz CT molecular complexity index is 377. The Hall–Kier alpha value is -1.03. The molecular formula is C13H16F3N. The van der Waals surface area contributed by atoms with Gasteiger partial charge in [0.25, 0.3) is 0 Å². The van der Waals surface area contributed by atoms with Gasteiger partial charge >= 0.3 is 6.18 Å². The third kappa shape index (κ3) is 2.32. The molecule has 0 saturated carbocycles. The molecule has 1 N–H and O–H groups in total. The zero-order valence-electron chi connectivity index (χ0n) is 9.77. The van der Waals surface area contributed by atoms with Crippen molar-refractivity contribution in [1.82, 2.24) is 5.32 Å². The van der Waals surface area contributed by atoms with Crippen molar-refractivity contribution in [3.8, 4) is 0 Å². The monoisotopic (exact) mass is 243 g/mol.